The molecule has 0 unspecified atom stereocenters. The van der Waals surface area contributed by atoms with Gasteiger partial charge in [0.05, 0.1) is 5.56 Å². The van der Waals surface area contributed by atoms with Gasteiger partial charge >= 0.3 is 6.18 Å². The molecule has 0 aromatic heterocycles. The SMILES string of the molecule is O=C(NC(=S)Nc1cccc(C(=O)Nc2cccc(C(F)(F)F)c2)c1)c1cc(Cl)cc(Cl)c1. The van der Waals surface area contributed by atoms with Crippen LogP contribution in [0, 0.1) is 0 Å². The Kier molecular flexibility index (Phi) is 7.57. The lowest BCUT2D eigenvalue weighted by molar-refractivity contribution is -0.137. The number of carbonyl (C=O) groups excluding carboxylic acids is 2. The van der Waals surface area contributed by atoms with Crippen LogP contribution in [0.1, 0.15) is 26.3 Å². The molecule has 33 heavy (non-hydrogen) atoms. The van der Waals surface area contributed by atoms with Crippen LogP contribution >= 0.6 is 35.4 Å². The first-order chi connectivity index (χ1) is 15.5. The van der Waals surface area contributed by atoms with Gasteiger partial charge in [-0.1, -0.05) is 35.3 Å². The molecule has 0 aliphatic carbocycles. The van der Waals surface area contributed by atoms with Gasteiger partial charge in [-0.05, 0) is 66.8 Å². The minimum absolute atomic E-state index is 0.00356. The summed E-state index contributed by atoms with van der Waals surface area (Å²) in [6, 6.07) is 14.7. The van der Waals surface area contributed by atoms with E-state index in [4.69, 9.17) is 35.4 Å². The summed E-state index contributed by atoms with van der Waals surface area (Å²) < 4.78 is 38.6. The van der Waals surface area contributed by atoms with Crippen LogP contribution in [0.5, 0.6) is 0 Å². The quantitative estimate of drug-likeness (QED) is 0.355. The Bertz CT molecular complexity index is 1220. The molecular formula is C22H14Cl2F3N3O2S. The number of anilines is 2. The molecule has 0 heterocycles. The summed E-state index contributed by atoms with van der Waals surface area (Å²) in [6.45, 7) is 0. The molecule has 3 N–H and O–H groups in total. The van der Waals surface area contributed by atoms with Gasteiger partial charge in [-0.25, -0.2) is 0 Å². The molecule has 0 aliphatic heterocycles. The molecule has 0 radical (unpaired) electrons. The van der Waals surface area contributed by atoms with Gasteiger partial charge in [0.25, 0.3) is 11.8 Å². The Balaban J connectivity index is 1.66. The van der Waals surface area contributed by atoms with Gasteiger partial charge in [0.15, 0.2) is 5.11 Å². The molecule has 2 amide bonds. The second-order valence-corrected chi connectivity index (χ2v) is 7.96. The minimum Gasteiger partial charge on any atom is -0.332 e. The molecule has 11 heteroatoms. The second kappa shape index (κ2) is 10.2. The third kappa shape index (κ3) is 6.92. The van der Waals surface area contributed by atoms with Crippen molar-refractivity contribution in [2.24, 2.45) is 0 Å². The van der Waals surface area contributed by atoms with Crippen molar-refractivity contribution in [2.45, 2.75) is 6.18 Å². The van der Waals surface area contributed by atoms with E-state index in [-0.39, 0.29) is 32.0 Å². The average Bonchev–Trinajstić information content (AvgIpc) is 2.72. The monoisotopic (exact) mass is 511 g/mol. The summed E-state index contributed by atoms with van der Waals surface area (Å²) in [6.07, 6.45) is -4.53. The molecule has 0 atom stereocenters. The van der Waals surface area contributed by atoms with E-state index in [1.807, 2.05) is 0 Å². The highest BCUT2D eigenvalue weighted by Gasteiger charge is 2.30. The number of carbonyl (C=O) groups is 2. The van der Waals surface area contributed by atoms with Crippen LogP contribution in [0.15, 0.2) is 66.7 Å². The molecule has 0 saturated carbocycles. The lowest BCUT2D eigenvalue weighted by atomic mass is 10.1. The van der Waals surface area contributed by atoms with E-state index in [1.54, 1.807) is 12.1 Å². The summed E-state index contributed by atoms with van der Waals surface area (Å²) >= 11 is 16.9. The highest BCUT2D eigenvalue weighted by Crippen LogP contribution is 2.30. The Morgan fingerprint density at radius 1 is 0.758 bits per heavy atom. The zero-order valence-electron chi connectivity index (χ0n) is 16.5. The Morgan fingerprint density at radius 2 is 1.36 bits per heavy atom. The van der Waals surface area contributed by atoms with E-state index in [1.165, 1.54) is 42.5 Å². The van der Waals surface area contributed by atoms with Gasteiger partial charge in [0, 0.05) is 32.5 Å². The summed E-state index contributed by atoms with van der Waals surface area (Å²) in [5.74, 6) is -1.17. The van der Waals surface area contributed by atoms with Crippen LogP contribution in [0.4, 0.5) is 24.5 Å². The molecule has 3 aromatic rings. The van der Waals surface area contributed by atoms with Gasteiger partial charge < -0.3 is 10.6 Å². The van der Waals surface area contributed by atoms with Crippen LogP contribution in [-0.2, 0) is 6.18 Å². The molecule has 0 fully saturated rings. The number of rotatable bonds is 4. The third-order valence-electron chi connectivity index (χ3n) is 4.18. The molecular weight excluding hydrogens is 498 g/mol. The Morgan fingerprint density at radius 3 is 2.00 bits per heavy atom. The number of nitrogens with one attached hydrogen (secondary N) is 3. The van der Waals surface area contributed by atoms with Crippen LogP contribution < -0.4 is 16.0 Å². The van der Waals surface area contributed by atoms with Crippen molar-refractivity contribution in [1.82, 2.24) is 5.32 Å². The number of thiocarbonyl (C=S) groups is 1. The largest absolute Gasteiger partial charge is 0.416 e. The first kappa shape index (κ1) is 24.5. The molecule has 0 aliphatic rings. The minimum atomic E-state index is -4.53. The lowest BCUT2D eigenvalue weighted by Crippen LogP contribution is -2.34. The number of halogens is 5. The van der Waals surface area contributed by atoms with Crippen molar-refractivity contribution in [3.05, 3.63) is 93.5 Å². The van der Waals surface area contributed by atoms with Crippen molar-refractivity contribution < 1.29 is 22.8 Å². The normalized spacial score (nSPS) is 10.9. The highest BCUT2D eigenvalue weighted by molar-refractivity contribution is 7.80. The van der Waals surface area contributed by atoms with E-state index in [9.17, 15) is 22.8 Å². The lowest BCUT2D eigenvalue weighted by Gasteiger charge is -2.12. The van der Waals surface area contributed by atoms with E-state index >= 15 is 0 Å². The first-order valence-corrected chi connectivity index (χ1v) is 10.3. The third-order valence-corrected chi connectivity index (χ3v) is 4.82. The van der Waals surface area contributed by atoms with Crippen LogP contribution in [0.3, 0.4) is 0 Å². The number of amides is 2. The summed E-state index contributed by atoms with van der Waals surface area (Å²) in [7, 11) is 0. The first-order valence-electron chi connectivity index (χ1n) is 9.18. The van der Waals surface area contributed by atoms with E-state index in [0.29, 0.717) is 5.69 Å². The Labute approximate surface area is 201 Å². The van der Waals surface area contributed by atoms with Crippen molar-refractivity contribution in [3.63, 3.8) is 0 Å². The highest BCUT2D eigenvalue weighted by atomic mass is 35.5. The van der Waals surface area contributed by atoms with Gasteiger partial charge in [0.1, 0.15) is 0 Å². The van der Waals surface area contributed by atoms with Gasteiger partial charge in [-0.15, -0.1) is 0 Å². The van der Waals surface area contributed by atoms with Crippen molar-refractivity contribution in [1.29, 1.82) is 0 Å². The molecule has 0 spiro atoms. The second-order valence-electron chi connectivity index (χ2n) is 6.68. The van der Waals surface area contributed by atoms with Crippen LogP contribution in [0.2, 0.25) is 10.0 Å². The van der Waals surface area contributed by atoms with Gasteiger partial charge in [0.2, 0.25) is 0 Å². The zero-order valence-corrected chi connectivity index (χ0v) is 18.8. The van der Waals surface area contributed by atoms with Crippen molar-refractivity contribution in [3.8, 4) is 0 Å². The predicted molar refractivity (Wildman–Crippen MR) is 126 cm³/mol. The summed E-state index contributed by atoms with van der Waals surface area (Å²) in [5.41, 5.74) is -0.144. The fraction of sp³-hybridized carbons (Fsp3) is 0.0455. The van der Waals surface area contributed by atoms with Crippen LogP contribution in [0.25, 0.3) is 0 Å². The van der Waals surface area contributed by atoms with E-state index in [2.05, 4.69) is 16.0 Å². The smallest absolute Gasteiger partial charge is 0.332 e. The number of hydrogen-bond donors (Lipinski definition) is 3. The summed E-state index contributed by atoms with van der Waals surface area (Å²) in [5, 5.41) is 8.17. The fourth-order valence-electron chi connectivity index (χ4n) is 2.74. The molecule has 3 aromatic carbocycles. The topological polar surface area (TPSA) is 70.2 Å². The van der Waals surface area contributed by atoms with Gasteiger partial charge in [-0.3, -0.25) is 14.9 Å². The molecule has 3 rings (SSSR count). The van der Waals surface area contributed by atoms with E-state index < -0.39 is 23.6 Å². The Hall–Kier alpha value is -3.14. The number of hydrogen-bond acceptors (Lipinski definition) is 3. The summed E-state index contributed by atoms with van der Waals surface area (Å²) in [4.78, 5) is 24.8. The maximum atomic E-state index is 12.9. The number of alkyl halides is 3. The zero-order chi connectivity index (χ0) is 24.2. The van der Waals surface area contributed by atoms with E-state index in [0.717, 1.165) is 12.1 Å². The average molecular weight is 512 g/mol. The maximum Gasteiger partial charge on any atom is 0.416 e. The fourth-order valence-corrected chi connectivity index (χ4v) is 3.47. The van der Waals surface area contributed by atoms with Crippen molar-refractivity contribution in [2.75, 3.05) is 10.6 Å². The predicted octanol–water partition coefficient (Wildman–Crippen LogP) is 6.39. The number of benzene rings is 3. The molecule has 5 nitrogen and oxygen atoms in total. The van der Waals surface area contributed by atoms with Gasteiger partial charge in [-0.2, -0.15) is 13.2 Å². The van der Waals surface area contributed by atoms with Crippen LogP contribution in [-0.4, -0.2) is 16.9 Å². The molecule has 0 saturated heterocycles. The van der Waals surface area contributed by atoms with Crippen molar-refractivity contribution >= 4 is 63.7 Å². The standard InChI is InChI=1S/C22H14Cl2F3N3O2S/c23-15-7-13(8-16(24)11-15)20(32)30-21(33)29-17-5-1-3-12(9-17)19(31)28-18-6-2-4-14(10-18)22(25,26)27/h1-11H,(H,28,31)(H2,29,30,32,33). The molecule has 170 valence electrons. The molecule has 0 bridgehead atoms. The maximum absolute atomic E-state index is 12.9.